The zero-order chi connectivity index (χ0) is 24.8. The summed E-state index contributed by atoms with van der Waals surface area (Å²) in [7, 11) is 0. The van der Waals surface area contributed by atoms with E-state index < -0.39 is 11.9 Å². The van der Waals surface area contributed by atoms with E-state index in [1.807, 2.05) is 31.2 Å². The molecule has 1 amide bonds. The van der Waals surface area contributed by atoms with E-state index in [1.165, 1.54) is 12.3 Å². The van der Waals surface area contributed by atoms with Gasteiger partial charge in [0.2, 0.25) is 0 Å². The van der Waals surface area contributed by atoms with Gasteiger partial charge in [-0.1, -0.05) is 35.9 Å². The Morgan fingerprint density at radius 3 is 2.40 bits per heavy atom. The van der Waals surface area contributed by atoms with E-state index in [4.69, 9.17) is 21.1 Å². The second kappa shape index (κ2) is 10.7. The molecule has 35 heavy (non-hydrogen) atoms. The summed E-state index contributed by atoms with van der Waals surface area (Å²) in [6, 6.07) is 21.8. The third-order valence-electron chi connectivity index (χ3n) is 5.04. The van der Waals surface area contributed by atoms with Crippen molar-refractivity contribution in [3.63, 3.8) is 0 Å². The number of benzene rings is 4. The first-order valence-electron chi connectivity index (χ1n) is 10.7. The van der Waals surface area contributed by atoms with Crippen LogP contribution in [0, 0.1) is 0 Å². The number of aromatic hydroxyl groups is 1. The van der Waals surface area contributed by atoms with Crippen LogP contribution in [0.4, 0.5) is 0 Å². The Labute approximate surface area is 206 Å². The molecule has 176 valence electrons. The lowest BCUT2D eigenvalue weighted by Crippen LogP contribution is -2.17. The third kappa shape index (κ3) is 5.77. The van der Waals surface area contributed by atoms with E-state index in [9.17, 15) is 14.7 Å². The number of nitrogens with one attached hydrogen (secondary N) is 1. The number of phenolic OH excluding ortho intramolecular Hbond substituents is 1. The van der Waals surface area contributed by atoms with Crippen molar-refractivity contribution < 1.29 is 24.2 Å². The molecule has 0 bridgehead atoms. The molecule has 0 saturated carbocycles. The number of amides is 1. The summed E-state index contributed by atoms with van der Waals surface area (Å²) in [5.74, 6) is -0.650. The molecule has 0 spiro atoms. The average molecular weight is 489 g/mol. The topological polar surface area (TPSA) is 97.2 Å². The second-order valence-corrected chi connectivity index (χ2v) is 7.89. The predicted octanol–water partition coefficient (Wildman–Crippen LogP) is 5.58. The number of halogens is 1. The maximum absolute atomic E-state index is 12.5. The SMILES string of the molecule is CCOc1cc(/C=N/NC(=O)c2cc3ccccc3cc2O)ccc1OC(=O)c1ccc(Cl)cc1. The molecule has 8 heteroatoms. The van der Waals surface area contributed by atoms with Gasteiger partial charge in [0.25, 0.3) is 5.91 Å². The van der Waals surface area contributed by atoms with Gasteiger partial charge in [0, 0.05) is 5.02 Å². The lowest BCUT2D eigenvalue weighted by atomic mass is 10.1. The number of carbonyl (C=O) groups is 2. The Kier molecular flexibility index (Phi) is 7.28. The van der Waals surface area contributed by atoms with Crippen LogP contribution in [-0.4, -0.2) is 29.8 Å². The molecule has 0 radical (unpaired) electrons. The summed E-state index contributed by atoms with van der Waals surface area (Å²) < 4.78 is 11.1. The zero-order valence-electron chi connectivity index (χ0n) is 18.7. The highest BCUT2D eigenvalue weighted by atomic mass is 35.5. The molecule has 0 heterocycles. The van der Waals surface area contributed by atoms with Crippen molar-refractivity contribution in [3.05, 3.63) is 101 Å². The van der Waals surface area contributed by atoms with E-state index >= 15 is 0 Å². The number of phenols is 1. The van der Waals surface area contributed by atoms with Gasteiger partial charge in [0.15, 0.2) is 11.5 Å². The Hall–Kier alpha value is -4.36. The molecule has 4 aromatic rings. The number of nitrogens with zero attached hydrogens (tertiary/aromatic N) is 1. The van der Waals surface area contributed by atoms with Crippen LogP contribution in [0.2, 0.25) is 5.02 Å². The van der Waals surface area contributed by atoms with Crippen molar-refractivity contribution in [2.75, 3.05) is 6.61 Å². The Morgan fingerprint density at radius 1 is 0.971 bits per heavy atom. The van der Waals surface area contributed by atoms with Gasteiger partial charge in [0.1, 0.15) is 5.75 Å². The molecule has 0 fully saturated rings. The summed E-state index contributed by atoms with van der Waals surface area (Å²) in [4.78, 5) is 25.0. The molecule has 7 nitrogen and oxygen atoms in total. The Balaban J connectivity index is 1.47. The van der Waals surface area contributed by atoms with E-state index in [0.717, 1.165) is 10.8 Å². The standard InChI is InChI=1S/C27H21ClN2O5/c1-2-34-25-13-17(7-12-24(25)35-27(33)18-8-10-21(28)11-9-18)16-29-30-26(32)22-14-19-5-3-4-6-20(19)15-23(22)31/h3-16,31H,2H2,1H3,(H,30,32)/b29-16+. The van der Waals surface area contributed by atoms with Crippen LogP contribution in [-0.2, 0) is 0 Å². The van der Waals surface area contributed by atoms with Crippen LogP contribution in [0.1, 0.15) is 33.2 Å². The van der Waals surface area contributed by atoms with Crippen molar-refractivity contribution in [2.45, 2.75) is 6.92 Å². The highest BCUT2D eigenvalue weighted by Gasteiger charge is 2.14. The number of ether oxygens (including phenoxy) is 2. The van der Waals surface area contributed by atoms with Crippen LogP contribution in [0.5, 0.6) is 17.2 Å². The highest BCUT2D eigenvalue weighted by Crippen LogP contribution is 2.29. The maximum atomic E-state index is 12.5. The minimum Gasteiger partial charge on any atom is -0.507 e. The van der Waals surface area contributed by atoms with E-state index in [0.29, 0.717) is 28.5 Å². The number of rotatable bonds is 7. The molecular weight excluding hydrogens is 468 g/mol. The van der Waals surface area contributed by atoms with E-state index in [2.05, 4.69) is 10.5 Å². The van der Waals surface area contributed by atoms with Gasteiger partial charge in [-0.3, -0.25) is 4.79 Å². The molecule has 0 atom stereocenters. The smallest absolute Gasteiger partial charge is 0.343 e. The first-order chi connectivity index (χ1) is 16.9. The first-order valence-corrected chi connectivity index (χ1v) is 11.1. The third-order valence-corrected chi connectivity index (χ3v) is 5.29. The maximum Gasteiger partial charge on any atom is 0.343 e. The van der Waals surface area contributed by atoms with Gasteiger partial charge in [-0.15, -0.1) is 0 Å². The first kappa shape index (κ1) is 23.8. The summed E-state index contributed by atoms with van der Waals surface area (Å²) >= 11 is 5.86. The zero-order valence-corrected chi connectivity index (χ0v) is 19.5. The van der Waals surface area contributed by atoms with Crippen LogP contribution in [0.25, 0.3) is 10.8 Å². The van der Waals surface area contributed by atoms with Gasteiger partial charge in [0.05, 0.1) is 23.9 Å². The van der Waals surface area contributed by atoms with Crippen molar-refractivity contribution in [2.24, 2.45) is 5.10 Å². The van der Waals surface area contributed by atoms with Gasteiger partial charge in [-0.05, 0) is 77.9 Å². The Bertz CT molecular complexity index is 1420. The normalized spacial score (nSPS) is 10.9. The molecule has 0 saturated heterocycles. The van der Waals surface area contributed by atoms with Crippen LogP contribution in [0.3, 0.4) is 0 Å². The van der Waals surface area contributed by atoms with Crippen LogP contribution >= 0.6 is 11.6 Å². The fraction of sp³-hybridized carbons (Fsp3) is 0.0741. The number of fused-ring (bicyclic) bond motifs is 1. The summed E-state index contributed by atoms with van der Waals surface area (Å²) in [5.41, 5.74) is 3.47. The molecule has 0 aliphatic rings. The van der Waals surface area contributed by atoms with Crippen LogP contribution in [0.15, 0.2) is 84.0 Å². The van der Waals surface area contributed by atoms with E-state index in [1.54, 1.807) is 48.5 Å². The molecule has 0 aliphatic heterocycles. The van der Waals surface area contributed by atoms with Crippen molar-refractivity contribution in [1.82, 2.24) is 5.43 Å². The monoisotopic (exact) mass is 488 g/mol. The Morgan fingerprint density at radius 2 is 1.69 bits per heavy atom. The van der Waals surface area contributed by atoms with Gasteiger partial charge >= 0.3 is 5.97 Å². The minimum absolute atomic E-state index is 0.111. The summed E-state index contributed by atoms with van der Waals surface area (Å²) in [6.07, 6.45) is 1.42. The average Bonchev–Trinajstić information content (AvgIpc) is 2.85. The molecule has 4 aromatic carbocycles. The fourth-order valence-corrected chi connectivity index (χ4v) is 3.46. The van der Waals surface area contributed by atoms with Gasteiger partial charge in [-0.2, -0.15) is 5.10 Å². The number of hydrogen-bond donors (Lipinski definition) is 2. The number of hydrogen-bond acceptors (Lipinski definition) is 6. The number of carbonyl (C=O) groups excluding carboxylic acids is 2. The highest BCUT2D eigenvalue weighted by molar-refractivity contribution is 6.30. The molecule has 0 aromatic heterocycles. The molecular formula is C27H21ClN2O5. The minimum atomic E-state index is -0.553. The van der Waals surface area contributed by atoms with Gasteiger partial charge < -0.3 is 14.6 Å². The lowest BCUT2D eigenvalue weighted by molar-refractivity contribution is 0.0728. The van der Waals surface area contributed by atoms with E-state index in [-0.39, 0.29) is 17.1 Å². The lowest BCUT2D eigenvalue weighted by Gasteiger charge is -2.11. The van der Waals surface area contributed by atoms with Crippen molar-refractivity contribution >= 4 is 40.5 Å². The quantitative estimate of drug-likeness (QED) is 0.153. The molecule has 2 N–H and O–H groups in total. The summed E-state index contributed by atoms with van der Waals surface area (Å²) in [6.45, 7) is 2.16. The largest absolute Gasteiger partial charge is 0.507 e. The van der Waals surface area contributed by atoms with Crippen molar-refractivity contribution in [3.8, 4) is 17.2 Å². The fourth-order valence-electron chi connectivity index (χ4n) is 3.34. The molecule has 0 unspecified atom stereocenters. The number of hydrazone groups is 1. The summed E-state index contributed by atoms with van der Waals surface area (Å²) in [5, 5.41) is 16.4. The predicted molar refractivity (Wildman–Crippen MR) is 135 cm³/mol. The second-order valence-electron chi connectivity index (χ2n) is 7.45. The molecule has 4 rings (SSSR count). The van der Waals surface area contributed by atoms with Crippen LogP contribution < -0.4 is 14.9 Å². The number of esters is 1. The van der Waals surface area contributed by atoms with Gasteiger partial charge in [-0.25, -0.2) is 10.2 Å². The molecule has 0 aliphatic carbocycles. The van der Waals surface area contributed by atoms with Crippen molar-refractivity contribution in [1.29, 1.82) is 0 Å².